The predicted molar refractivity (Wildman–Crippen MR) is 116 cm³/mol. The molecule has 0 aliphatic carbocycles. The number of hydrogen-bond acceptors (Lipinski definition) is 7. The number of fused-ring (bicyclic) bond motifs is 1. The van der Waals surface area contributed by atoms with E-state index in [0.29, 0.717) is 0 Å². The molecule has 4 rings (SSSR count). The summed E-state index contributed by atoms with van der Waals surface area (Å²) in [5.41, 5.74) is 3.55. The fraction of sp³-hybridized carbons (Fsp3) is 0.400. The number of pyridine rings is 1. The van der Waals surface area contributed by atoms with Crippen molar-refractivity contribution in [3.63, 3.8) is 0 Å². The lowest BCUT2D eigenvalue weighted by molar-refractivity contribution is 0.0410. The molecule has 27 heavy (non-hydrogen) atoms. The van der Waals surface area contributed by atoms with Crippen LogP contribution in [0.5, 0.6) is 0 Å². The van der Waals surface area contributed by atoms with Crippen LogP contribution in [0.25, 0.3) is 10.2 Å². The molecule has 0 radical (unpaired) electrons. The number of para-hydroxylation sites is 1. The third kappa shape index (κ3) is 5.03. The van der Waals surface area contributed by atoms with E-state index < -0.39 is 0 Å². The van der Waals surface area contributed by atoms with E-state index in [4.69, 9.17) is 9.72 Å². The van der Waals surface area contributed by atoms with Crippen LogP contribution in [-0.2, 0) is 10.5 Å². The summed E-state index contributed by atoms with van der Waals surface area (Å²) in [7, 11) is 0. The first kappa shape index (κ1) is 19.2. The SMILES string of the molecule is Cc1c(SCCN2CCOCC2)ccnc1CSc1nc2ccccc2s1. The van der Waals surface area contributed by atoms with Gasteiger partial charge in [-0.2, -0.15) is 0 Å². The van der Waals surface area contributed by atoms with E-state index in [9.17, 15) is 0 Å². The molecule has 0 unspecified atom stereocenters. The lowest BCUT2D eigenvalue weighted by atomic mass is 10.2. The van der Waals surface area contributed by atoms with Gasteiger partial charge in [-0.15, -0.1) is 23.1 Å². The van der Waals surface area contributed by atoms with Crippen molar-refractivity contribution in [1.29, 1.82) is 0 Å². The monoisotopic (exact) mass is 417 g/mol. The van der Waals surface area contributed by atoms with E-state index in [1.165, 1.54) is 15.2 Å². The molecule has 0 N–H and O–H groups in total. The molecule has 1 aliphatic rings. The maximum Gasteiger partial charge on any atom is 0.151 e. The molecule has 0 bridgehead atoms. The molecule has 3 aromatic rings. The van der Waals surface area contributed by atoms with Crippen LogP contribution in [-0.4, -0.2) is 53.5 Å². The first-order chi connectivity index (χ1) is 13.3. The first-order valence-electron chi connectivity index (χ1n) is 9.15. The Bertz CT molecular complexity index is 860. The van der Waals surface area contributed by atoms with Gasteiger partial charge in [-0.1, -0.05) is 23.9 Å². The molecule has 1 aromatic carbocycles. The molecular formula is C20H23N3OS3. The van der Waals surface area contributed by atoms with Crippen molar-refractivity contribution in [3.05, 3.63) is 47.8 Å². The van der Waals surface area contributed by atoms with Gasteiger partial charge in [0.05, 0.1) is 29.1 Å². The normalized spacial score (nSPS) is 15.4. The molecule has 0 amide bonds. The summed E-state index contributed by atoms with van der Waals surface area (Å²) in [4.78, 5) is 13.2. The average molecular weight is 418 g/mol. The number of hydrogen-bond donors (Lipinski definition) is 0. The second-order valence-corrected chi connectivity index (χ2v) is 9.81. The summed E-state index contributed by atoms with van der Waals surface area (Å²) >= 11 is 5.48. The van der Waals surface area contributed by atoms with Gasteiger partial charge in [-0.3, -0.25) is 9.88 Å². The van der Waals surface area contributed by atoms with Gasteiger partial charge in [0.1, 0.15) is 0 Å². The number of morpholine rings is 1. The van der Waals surface area contributed by atoms with E-state index in [-0.39, 0.29) is 0 Å². The minimum Gasteiger partial charge on any atom is -0.379 e. The Kier molecular flexibility index (Phi) is 6.68. The third-order valence-corrected chi connectivity index (χ3v) is 7.96. The van der Waals surface area contributed by atoms with Crippen LogP contribution in [0.3, 0.4) is 0 Å². The lowest BCUT2D eigenvalue weighted by Crippen LogP contribution is -2.37. The van der Waals surface area contributed by atoms with Crippen LogP contribution >= 0.6 is 34.9 Å². The highest BCUT2D eigenvalue weighted by atomic mass is 32.2. The van der Waals surface area contributed by atoms with Gasteiger partial charge in [0.15, 0.2) is 4.34 Å². The average Bonchev–Trinajstić information content (AvgIpc) is 3.12. The Morgan fingerprint density at radius 3 is 2.85 bits per heavy atom. The molecule has 1 aliphatic heterocycles. The second-order valence-electron chi connectivity index (χ2n) is 6.42. The van der Waals surface area contributed by atoms with Crippen LogP contribution in [0.4, 0.5) is 0 Å². The molecule has 1 saturated heterocycles. The quantitative estimate of drug-likeness (QED) is 0.518. The largest absolute Gasteiger partial charge is 0.379 e. The molecule has 142 valence electrons. The maximum absolute atomic E-state index is 5.42. The van der Waals surface area contributed by atoms with E-state index in [1.807, 2.05) is 24.0 Å². The van der Waals surface area contributed by atoms with Crippen molar-refractivity contribution in [1.82, 2.24) is 14.9 Å². The van der Waals surface area contributed by atoms with Crippen molar-refractivity contribution in [2.45, 2.75) is 21.9 Å². The lowest BCUT2D eigenvalue weighted by Gasteiger charge is -2.26. The number of thioether (sulfide) groups is 2. The van der Waals surface area contributed by atoms with Gasteiger partial charge in [0, 0.05) is 42.2 Å². The Hall–Kier alpha value is -1.12. The van der Waals surface area contributed by atoms with Gasteiger partial charge < -0.3 is 4.74 Å². The van der Waals surface area contributed by atoms with Crippen molar-refractivity contribution in [2.24, 2.45) is 0 Å². The zero-order valence-corrected chi connectivity index (χ0v) is 17.8. The van der Waals surface area contributed by atoms with Gasteiger partial charge in [0.2, 0.25) is 0 Å². The van der Waals surface area contributed by atoms with Crippen LogP contribution in [0.15, 0.2) is 45.8 Å². The Morgan fingerprint density at radius 1 is 1.15 bits per heavy atom. The standard InChI is InChI=1S/C20H23N3OS3/c1-15-17(14-26-20-22-16-4-2-3-5-19(16)27-20)21-7-6-18(15)25-13-10-23-8-11-24-12-9-23/h2-7H,8-14H2,1H3. The zero-order chi connectivity index (χ0) is 18.5. The Balaban J connectivity index is 1.34. The molecule has 4 nitrogen and oxygen atoms in total. The van der Waals surface area contributed by atoms with Gasteiger partial charge >= 0.3 is 0 Å². The highest BCUT2D eigenvalue weighted by Gasteiger charge is 2.12. The van der Waals surface area contributed by atoms with E-state index in [1.54, 1.807) is 23.1 Å². The highest BCUT2D eigenvalue weighted by Crippen LogP contribution is 2.33. The van der Waals surface area contributed by atoms with Crippen LogP contribution in [0, 0.1) is 6.92 Å². The number of nitrogens with zero attached hydrogens (tertiary/aromatic N) is 3. The van der Waals surface area contributed by atoms with E-state index in [0.717, 1.165) is 59.9 Å². The molecule has 0 atom stereocenters. The molecular weight excluding hydrogens is 394 g/mol. The summed E-state index contributed by atoms with van der Waals surface area (Å²) in [6, 6.07) is 10.5. The topological polar surface area (TPSA) is 38.2 Å². The second kappa shape index (κ2) is 9.39. The minimum absolute atomic E-state index is 0.865. The van der Waals surface area contributed by atoms with Crippen molar-refractivity contribution >= 4 is 45.1 Å². The number of aromatic nitrogens is 2. The minimum atomic E-state index is 0.865. The van der Waals surface area contributed by atoms with Crippen LogP contribution in [0.2, 0.25) is 0 Å². The molecule has 7 heteroatoms. The maximum atomic E-state index is 5.42. The Morgan fingerprint density at radius 2 is 2.00 bits per heavy atom. The first-order valence-corrected chi connectivity index (χ1v) is 11.9. The summed E-state index contributed by atoms with van der Waals surface area (Å²) in [5.74, 6) is 1.97. The number of thiazole rings is 1. The zero-order valence-electron chi connectivity index (χ0n) is 15.4. The fourth-order valence-corrected chi connectivity index (χ4v) is 6.17. The van der Waals surface area contributed by atoms with Gasteiger partial charge in [-0.05, 0) is 30.7 Å². The third-order valence-electron chi connectivity index (χ3n) is 4.63. The van der Waals surface area contributed by atoms with Crippen molar-refractivity contribution in [2.75, 3.05) is 38.6 Å². The molecule has 2 aromatic heterocycles. The number of rotatable bonds is 7. The highest BCUT2D eigenvalue weighted by molar-refractivity contribution is 8.00. The van der Waals surface area contributed by atoms with Crippen LogP contribution in [0.1, 0.15) is 11.3 Å². The molecule has 3 heterocycles. The van der Waals surface area contributed by atoms with Crippen LogP contribution < -0.4 is 0 Å². The molecule has 0 spiro atoms. The smallest absolute Gasteiger partial charge is 0.151 e. The van der Waals surface area contributed by atoms with Gasteiger partial charge in [-0.25, -0.2) is 4.98 Å². The molecule has 1 fully saturated rings. The van der Waals surface area contributed by atoms with E-state index >= 15 is 0 Å². The van der Waals surface area contributed by atoms with Crippen molar-refractivity contribution in [3.8, 4) is 0 Å². The summed E-state index contributed by atoms with van der Waals surface area (Å²) < 4.78 is 7.78. The fourth-order valence-electron chi connectivity index (χ4n) is 3.01. The summed E-state index contributed by atoms with van der Waals surface area (Å²) in [6.45, 7) is 7.15. The Labute approximate surface area is 172 Å². The van der Waals surface area contributed by atoms with Gasteiger partial charge in [0.25, 0.3) is 0 Å². The molecule has 0 saturated carbocycles. The number of ether oxygens (including phenoxy) is 1. The summed E-state index contributed by atoms with van der Waals surface area (Å²) in [6.07, 6.45) is 1.94. The predicted octanol–water partition coefficient (Wildman–Crippen LogP) is 4.72. The van der Waals surface area contributed by atoms with Crippen molar-refractivity contribution < 1.29 is 4.74 Å². The number of benzene rings is 1. The van der Waals surface area contributed by atoms with E-state index in [2.05, 4.69) is 41.1 Å². The summed E-state index contributed by atoms with van der Waals surface area (Å²) in [5, 5.41) is 0.